The maximum absolute atomic E-state index is 11.8. The molecule has 0 radical (unpaired) electrons. The van der Waals surface area contributed by atoms with Crippen molar-refractivity contribution in [3.8, 4) is 0 Å². The number of carbonyl (C=O) groups excluding carboxylic acids is 1. The van der Waals surface area contributed by atoms with Crippen LogP contribution in [0.25, 0.3) is 0 Å². The van der Waals surface area contributed by atoms with E-state index in [0.29, 0.717) is 0 Å². The van der Waals surface area contributed by atoms with Gasteiger partial charge in [0.1, 0.15) is 11.4 Å². The van der Waals surface area contributed by atoms with Gasteiger partial charge in [0.15, 0.2) is 0 Å². The van der Waals surface area contributed by atoms with Gasteiger partial charge in [-0.15, -0.1) is 0 Å². The first-order valence-corrected chi connectivity index (χ1v) is 3.59. The van der Waals surface area contributed by atoms with Crippen molar-refractivity contribution in [3.63, 3.8) is 0 Å². The minimum atomic E-state index is -4.74. The van der Waals surface area contributed by atoms with Gasteiger partial charge in [-0.05, 0) is 13.0 Å². The molecule has 0 saturated carbocycles. The Morgan fingerprint density at radius 1 is 1.57 bits per heavy atom. The number of alkyl halides is 3. The maximum atomic E-state index is 11.8. The van der Waals surface area contributed by atoms with Gasteiger partial charge in [-0.1, -0.05) is 0 Å². The zero-order chi connectivity index (χ0) is 11.4. The van der Waals surface area contributed by atoms with E-state index < -0.39 is 23.6 Å². The van der Waals surface area contributed by atoms with Gasteiger partial charge in [0, 0.05) is 0 Å². The summed E-state index contributed by atoms with van der Waals surface area (Å²) in [7, 11) is 0. The molecule has 0 aliphatic heterocycles. The lowest BCUT2D eigenvalue weighted by molar-refractivity contribution is -0.135. The second-order valence-corrected chi connectivity index (χ2v) is 2.23. The zero-order valence-corrected chi connectivity index (χ0v) is 7.31. The monoisotopic (exact) mass is 210 g/mol. The molecule has 80 valence electrons. The number of hydrogen-bond donors (Lipinski definition) is 2. The molecular formula is C7H9F3N2O2. The number of carbonyl (C=O) groups is 1. The first-order chi connectivity index (χ1) is 6.29. The molecule has 0 spiro atoms. The van der Waals surface area contributed by atoms with Crippen LogP contribution in [0.2, 0.25) is 0 Å². The molecule has 14 heavy (non-hydrogen) atoms. The van der Waals surface area contributed by atoms with Crippen LogP contribution in [0, 0.1) is 5.41 Å². The van der Waals surface area contributed by atoms with Crippen LogP contribution in [0.3, 0.4) is 0 Å². The van der Waals surface area contributed by atoms with Crippen molar-refractivity contribution in [3.05, 3.63) is 11.8 Å². The van der Waals surface area contributed by atoms with E-state index in [1.807, 2.05) is 0 Å². The average Bonchev–Trinajstić information content (AvgIpc) is 2.02. The van der Waals surface area contributed by atoms with Crippen LogP contribution in [0.5, 0.6) is 0 Å². The number of nitrogens with two attached hydrogens (primary N) is 1. The van der Waals surface area contributed by atoms with E-state index in [9.17, 15) is 18.0 Å². The second kappa shape index (κ2) is 4.64. The molecular weight excluding hydrogens is 201 g/mol. The number of ether oxygens (including phenoxy) is 1. The Hall–Kier alpha value is -1.53. The van der Waals surface area contributed by atoms with Crippen molar-refractivity contribution in [2.75, 3.05) is 6.61 Å². The van der Waals surface area contributed by atoms with Crippen LogP contribution in [0.1, 0.15) is 6.92 Å². The van der Waals surface area contributed by atoms with Gasteiger partial charge in [-0.25, -0.2) is 4.79 Å². The van der Waals surface area contributed by atoms with Crippen molar-refractivity contribution in [2.24, 2.45) is 5.73 Å². The van der Waals surface area contributed by atoms with Crippen molar-refractivity contribution < 1.29 is 22.7 Å². The van der Waals surface area contributed by atoms with E-state index >= 15 is 0 Å². The SMILES string of the molecule is CCOC(=O)C(=N)/C=C(\N)C(F)(F)F. The number of nitrogens with one attached hydrogen (secondary N) is 1. The van der Waals surface area contributed by atoms with Crippen LogP contribution in [-0.4, -0.2) is 24.5 Å². The Morgan fingerprint density at radius 3 is 2.43 bits per heavy atom. The molecule has 0 rings (SSSR count). The Bertz CT molecular complexity index is 271. The molecule has 3 N–H and O–H groups in total. The average molecular weight is 210 g/mol. The summed E-state index contributed by atoms with van der Waals surface area (Å²) < 4.78 is 39.7. The molecule has 0 amide bonds. The number of hydrogen-bond acceptors (Lipinski definition) is 4. The Kier molecular flexibility index (Phi) is 4.13. The third kappa shape index (κ3) is 3.92. The fourth-order valence-corrected chi connectivity index (χ4v) is 0.505. The molecule has 0 aromatic heterocycles. The molecule has 0 bridgehead atoms. The van der Waals surface area contributed by atoms with Gasteiger partial charge < -0.3 is 10.5 Å². The van der Waals surface area contributed by atoms with Crippen LogP contribution in [0.4, 0.5) is 13.2 Å². The van der Waals surface area contributed by atoms with Crippen LogP contribution >= 0.6 is 0 Å². The normalized spacial score (nSPS) is 12.4. The third-order valence-electron chi connectivity index (χ3n) is 1.12. The second-order valence-electron chi connectivity index (χ2n) is 2.23. The molecule has 0 aliphatic rings. The molecule has 0 saturated heterocycles. The van der Waals surface area contributed by atoms with Crippen LogP contribution in [0.15, 0.2) is 11.8 Å². The summed E-state index contributed by atoms with van der Waals surface area (Å²) in [6.45, 7) is 1.46. The van der Waals surface area contributed by atoms with E-state index in [4.69, 9.17) is 5.41 Å². The summed E-state index contributed by atoms with van der Waals surface area (Å²) in [5.41, 5.74) is 2.14. The lowest BCUT2D eigenvalue weighted by Crippen LogP contribution is -2.23. The predicted octanol–water partition coefficient (Wildman–Crippen LogP) is 0.974. The Morgan fingerprint density at radius 2 is 2.07 bits per heavy atom. The minimum absolute atomic E-state index is 0.0129. The van der Waals surface area contributed by atoms with E-state index in [1.165, 1.54) is 6.92 Å². The zero-order valence-electron chi connectivity index (χ0n) is 7.31. The first kappa shape index (κ1) is 12.5. The van der Waals surface area contributed by atoms with Crippen molar-refractivity contribution >= 4 is 11.7 Å². The highest BCUT2D eigenvalue weighted by Crippen LogP contribution is 2.21. The summed E-state index contributed by atoms with van der Waals surface area (Å²) in [6.07, 6.45) is -4.52. The highest BCUT2D eigenvalue weighted by atomic mass is 19.4. The van der Waals surface area contributed by atoms with Gasteiger partial charge in [0.2, 0.25) is 0 Å². The summed E-state index contributed by atoms with van der Waals surface area (Å²) in [5.74, 6) is -1.14. The van der Waals surface area contributed by atoms with E-state index in [-0.39, 0.29) is 12.7 Å². The van der Waals surface area contributed by atoms with E-state index in [0.717, 1.165) is 0 Å². The van der Waals surface area contributed by atoms with Gasteiger partial charge in [-0.3, -0.25) is 5.41 Å². The fourth-order valence-electron chi connectivity index (χ4n) is 0.505. The molecule has 0 aliphatic carbocycles. The number of rotatable bonds is 3. The quantitative estimate of drug-likeness (QED) is 0.538. The molecule has 0 atom stereocenters. The summed E-state index contributed by atoms with van der Waals surface area (Å²) in [4.78, 5) is 10.7. The molecule has 0 unspecified atom stereocenters. The maximum Gasteiger partial charge on any atom is 0.430 e. The summed E-state index contributed by atoms with van der Waals surface area (Å²) in [5, 5.41) is 6.88. The number of halogens is 3. The molecule has 0 heterocycles. The van der Waals surface area contributed by atoms with Crippen molar-refractivity contribution in [1.29, 1.82) is 5.41 Å². The lowest BCUT2D eigenvalue weighted by Gasteiger charge is -2.06. The fraction of sp³-hybridized carbons (Fsp3) is 0.429. The molecule has 0 fully saturated rings. The molecule has 0 aromatic rings. The van der Waals surface area contributed by atoms with E-state index in [2.05, 4.69) is 10.5 Å². The molecule has 7 heteroatoms. The van der Waals surface area contributed by atoms with Gasteiger partial charge in [0.05, 0.1) is 6.61 Å². The van der Waals surface area contributed by atoms with Crippen molar-refractivity contribution in [2.45, 2.75) is 13.1 Å². The minimum Gasteiger partial charge on any atom is -0.461 e. The van der Waals surface area contributed by atoms with Gasteiger partial charge in [0.25, 0.3) is 0 Å². The first-order valence-electron chi connectivity index (χ1n) is 3.59. The third-order valence-corrected chi connectivity index (χ3v) is 1.12. The molecule has 0 aromatic carbocycles. The molecule has 4 nitrogen and oxygen atoms in total. The Balaban J connectivity index is 4.52. The number of allylic oxidation sites excluding steroid dienone is 1. The summed E-state index contributed by atoms with van der Waals surface area (Å²) >= 11 is 0. The predicted molar refractivity (Wildman–Crippen MR) is 42.7 cm³/mol. The lowest BCUT2D eigenvalue weighted by atomic mass is 10.3. The topological polar surface area (TPSA) is 76.2 Å². The van der Waals surface area contributed by atoms with Crippen LogP contribution in [-0.2, 0) is 9.53 Å². The smallest absolute Gasteiger partial charge is 0.430 e. The highest BCUT2D eigenvalue weighted by Gasteiger charge is 2.32. The van der Waals surface area contributed by atoms with Crippen molar-refractivity contribution in [1.82, 2.24) is 0 Å². The standard InChI is InChI=1S/C7H9F3N2O2/c1-2-14-6(13)4(11)3-5(12)7(8,9)10/h3,11H,2,12H2,1H3/b5-3-,11-4?. The Labute approximate surface area is 78.0 Å². The summed E-state index contributed by atoms with van der Waals surface area (Å²) in [6, 6.07) is 0. The number of esters is 1. The highest BCUT2D eigenvalue weighted by molar-refractivity contribution is 6.39. The largest absolute Gasteiger partial charge is 0.461 e. The van der Waals surface area contributed by atoms with Gasteiger partial charge in [-0.2, -0.15) is 13.2 Å². The van der Waals surface area contributed by atoms with E-state index in [1.54, 1.807) is 0 Å². The van der Waals surface area contributed by atoms with Crippen LogP contribution < -0.4 is 5.73 Å². The van der Waals surface area contributed by atoms with Gasteiger partial charge >= 0.3 is 12.1 Å².